The van der Waals surface area contributed by atoms with E-state index in [1.165, 1.54) is 10.4 Å². The largest absolute Gasteiger partial charge is 0.379 e. The van der Waals surface area contributed by atoms with Crippen molar-refractivity contribution in [2.24, 2.45) is 5.92 Å². The van der Waals surface area contributed by atoms with Crippen LogP contribution < -0.4 is 5.32 Å². The molecule has 0 radical (unpaired) electrons. The van der Waals surface area contributed by atoms with Crippen LogP contribution in [0.4, 0.5) is 0 Å². The van der Waals surface area contributed by atoms with Crippen LogP contribution in [0, 0.1) is 5.92 Å². The Kier molecular flexibility index (Phi) is 5.77. The van der Waals surface area contributed by atoms with Gasteiger partial charge in [0.05, 0.1) is 19.3 Å². The van der Waals surface area contributed by atoms with Crippen molar-refractivity contribution in [3.8, 4) is 0 Å². The molecule has 2 aromatic rings. The number of thiophene rings is 1. The number of carbonyl (C=O) groups is 1. The summed E-state index contributed by atoms with van der Waals surface area (Å²) < 4.78 is 5.58. The summed E-state index contributed by atoms with van der Waals surface area (Å²) in [6, 6.07) is 8.35. The third-order valence-electron chi connectivity index (χ3n) is 4.20. The summed E-state index contributed by atoms with van der Waals surface area (Å²) in [6.45, 7) is 1.33. The molecule has 122 valence electrons. The molecule has 2 atom stereocenters. The van der Waals surface area contributed by atoms with Crippen molar-refractivity contribution in [3.63, 3.8) is 0 Å². The molecule has 1 N–H and O–H groups in total. The Morgan fingerprint density at radius 2 is 2.17 bits per heavy atom. The van der Waals surface area contributed by atoms with Gasteiger partial charge in [0.15, 0.2) is 0 Å². The fourth-order valence-corrected chi connectivity index (χ4v) is 3.69. The van der Waals surface area contributed by atoms with E-state index in [0.29, 0.717) is 25.6 Å². The van der Waals surface area contributed by atoms with Gasteiger partial charge in [-0.05, 0) is 48.4 Å². The van der Waals surface area contributed by atoms with Crippen LogP contribution in [-0.2, 0) is 22.4 Å². The molecule has 1 saturated heterocycles. The van der Waals surface area contributed by atoms with Gasteiger partial charge in [0, 0.05) is 29.6 Å². The standard InChI is InChI=1S/C18H22N2O2S/c21-18(5-1-3-16-4-2-10-23-16)20-17-13-22-12-15(17)11-14-6-8-19-9-7-14/h2,4,6-10,15,17H,1,3,5,11-13H2,(H,20,21)/t15-,17-/m1/s1. The number of hydrogen-bond acceptors (Lipinski definition) is 4. The zero-order chi connectivity index (χ0) is 15.9. The predicted molar refractivity (Wildman–Crippen MR) is 91.4 cm³/mol. The van der Waals surface area contributed by atoms with Gasteiger partial charge in [0.1, 0.15) is 0 Å². The predicted octanol–water partition coefficient (Wildman–Crippen LogP) is 2.84. The van der Waals surface area contributed by atoms with E-state index in [-0.39, 0.29) is 11.9 Å². The Labute approximate surface area is 140 Å². The van der Waals surface area contributed by atoms with Crippen molar-refractivity contribution in [3.05, 3.63) is 52.5 Å². The summed E-state index contributed by atoms with van der Waals surface area (Å²) >= 11 is 1.75. The maximum absolute atomic E-state index is 12.2. The normalized spacial score (nSPS) is 20.5. The highest BCUT2D eigenvalue weighted by molar-refractivity contribution is 7.09. The molecule has 1 aliphatic rings. The molecule has 0 aliphatic carbocycles. The second-order valence-electron chi connectivity index (χ2n) is 5.96. The maximum Gasteiger partial charge on any atom is 0.220 e. The lowest BCUT2D eigenvalue weighted by molar-refractivity contribution is -0.122. The molecule has 5 heteroatoms. The zero-order valence-electron chi connectivity index (χ0n) is 13.1. The number of nitrogens with zero attached hydrogens (tertiary/aromatic N) is 1. The Morgan fingerprint density at radius 3 is 2.96 bits per heavy atom. The Hall–Kier alpha value is -1.72. The number of hydrogen-bond donors (Lipinski definition) is 1. The minimum absolute atomic E-state index is 0.123. The van der Waals surface area contributed by atoms with Gasteiger partial charge in [-0.15, -0.1) is 11.3 Å². The zero-order valence-corrected chi connectivity index (χ0v) is 13.9. The molecular formula is C18H22N2O2S. The Balaban J connectivity index is 1.43. The molecule has 0 saturated carbocycles. The van der Waals surface area contributed by atoms with Crippen molar-refractivity contribution in [1.29, 1.82) is 0 Å². The Morgan fingerprint density at radius 1 is 1.30 bits per heavy atom. The minimum atomic E-state index is 0.123. The summed E-state index contributed by atoms with van der Waals surface area (Å²) in [5.41, 5.74) is 1.24. The number of rotatable bonds is 7. The van der Waals surface area contributed by atoms with E-state index in [9.17, 15) is 4.79 Å². The fourth-order valence-electron chi connectivity index (χ4n) is 2.94. The molecule has 3 rings (SSSR count). The van der Waals surface area contributed by atoms with Crippen molar-refractivity contribution in [2.45, 2.75) is 31.7 Å². The smallest absolute Gasteiger partial charge is 0.220 e. The number of ether oxygens (including phenoxy) is 1. The fraction of sp³-hybridized carbons (Fsp3) is 0.444. The van der Waals surface area contributed by atoms with Crippen LogP contribution >= 0.6 is 11.3 Å². The number of pyridine rings is 1. The molecule has 4 nitrogen and oxygen atoms in total. The van der Waals surface area contributed by atoms with E-state index >= 15 is 0 Å². The molecule has 23 heavy (non-hydrogen) atoms. The second-order valence-corrected chi connectivity index (χ2v) is 7.00. The van der Waals surface area contributed by atoms with Gasteiger partial charge in [0.2, 0.25) is 5.91 Å². The third-order valence-corrected chi connectivity index (χ3v) is 5.14. The van der Waals surface area contributed by atoms with Crippen molar-refractivity contribution in [2.75, 3.05) is 13.2 Å². The first kappa shape index (κ1) is 16.1. The Bertz CT molecular complexity index is 601. The second kappa shape index (κ2) is 8.22. The average Bonchev–Trinajstić information content (AvgIpc) is 3.21. The summed E-state index contributed by atoms with van der Waals surface area (Å²) in [4.78, 5) is 17.5. The van der Waals surface area contributed by atoms with Crippen LogP contribution in [0.2, 0.25) is 0 Å². The van der Waals surface area contributed by atoms with Crippen LogP contribution in [0.25, 0.3) is 0 Å². The minimum Gasteiger partial charge on any atom is -0.379 e. The van der Waals surface area contributed by atoms with Crippen LogP contribution in [-0.4, -0.2) is 30.1 Å². The first-order valence-corrected chi connectivity index (χ1v) is 8.97. The summed E-state index contributed by atoms with van der Waals surface area (Å²) in [7, 11) is 0. The molecule has 1 aliphatic heterocycles. The summed E-state index contributed by atoms with van der Waals surface area (Å²) in [6.07, 6.45) is 6.99. The SMILES string of the molecule is O=C(CCCc1cccs1)N[C@@H]1COC[C@H]1Cc1ccncc1. The molecule has 1 amide bonds. The molecule has 2 aromatic heterocycles. The lowest BCUT2D eigenvalue weighted by Gasteiger charge is -2.19. The third kappa shape index (κ3) is 4.88. The molecule has 1 fully saturated rings. The van der Waals surface area contributed by atoms with Crippen molar-refractivity contribution < 1.29 is 9.53 Å². The van der Waals surface area contributed by atoms with E-state index < -0.39 is 0 Å². The maximum atomic E-state index is 12.2. The number of aryl methyl sites for hydroxylation is 1. The molecular weight excluding hydrogens is 308 g/mol. The van der Waals surface area contributed by atoms with Gasteiger partial charge in [-0.2, -0.15) is 0 Å². The highest BCUT2D eigenvalue weighted by atomic mass is 32.1. The molecule has 0 unspecified atom stereocenters. The average molecular weight is 330 g/mol. The molecule has 0 aromatic carbocycles. The van der Waals surface area contributed by atoms with E-state index in [4.69, 9.17) is 4.74 Å². The van der Waals surface area contributed by atoms with Crippen LogP contribution in [0.5, 0.6) is 0 Å². The number of carbonyl (C=O) groups excluding carboxylic acids is 1. The molecule has 3 heterocycles. The van der Waals surface area contributed by atoms with Gasteiger partial charge in [-0.1, -0.05) is 6.07 Å². The quantitative estimate of drug-likeness (QED) is 0.849. The van der Waals surface area contributed by atoms with E-state index in [1.54, 1.807) is 11.3 Å². The number of nitrogens with one attached hydrogen (secondary N) is 1. The van der Waals surface area contributed by atoms with Gasteiger partial charge in [0.25, 0.3) is 0 Å². The lowest BCUT2D eigenvalue weighted by atomic mass is 9.95. The number of aromatic nitrogens is 1. The van der Waals surface area contributed by atoms with Gasteiger partial charge in [-0.25, -0.2) is 0 Å². The molecule has 0 bridgehead atoms. The summed E-state index contributed by atoms with van der Waals surface area (Å²) in [5.74, 6) is 0.482. The summed E-state index contributed by atoms with van der Waals surface area (Å²) in [5, 5.41) is 5.23. The van der Waals surface area contributed by atoms with Crippen molar-refractivity contribution >= 4 is 17.2 Å². The van der Waals surface area contributed by atoms with E-state index in [2.05, 4.69) is 27.8 Å². The van der Waals surface area contributed by atoms with Crippen LogP contribution in [0.3, 0.4) is 0 Å². The van der Waals surface area contributed by atoms with E-state index in [1.807, 2.05) is 24.5 Å². The van der Waals surface area contributed by atoms with Gasteiger partial charge >= 0.3 is 0 Å². The van der Waals surface area contributed by atoms with Crippen LogP contribution in [0.1, 0.15) is 23.3 Å². The monoisotopic (exact) mass is 330 g/mol. The first-order chi connectivity index (χ1) is 11.3. The highest BCUT2D eigenvalue weighted by Crippen LogP contribution is 2.19. The van der Waals surface area contributed by atoms with Gasteiger partial charge in [-0.3, -0.25) is 9.78 Å². The number of amides is 1. The topological polar surface area (TPSA) is 51.2 Å². The van der Waals surface area contributed by atoms with E-state index in [0.717, 1.165) is 19.3 Å². The van der Waals surface area contributed by atoms with Crippen molar-refractivity contribution in [1.82, 2.24) is 10.3 Å². The van der Waals surface area contributed by atoms with Gasteiger partial charge < -0.3 is 10.1 Å². The molecule has 0 spiro atoms. The van der Waals surface area contributed by atoms with Crippen LogP contribution in [0.15, 0.2) is 42.0 Å². The lowest BCUT2D eigenvalue weighted by Crippen LogP contribution is -2.40. The highest BCUT2D eigenvalue weighted by Gasteiger charge is 2.29. The first-order valence-electron chi connectivity index (χ1n) is 8.09.